The number of likely N-dealkylation sites (tertiary alicyclic amines) is 2. The number of carbonyl (C=O) groups is 1. The Bertz CT molecular complexity index is 715. The van der Waals surface area contributed by atoms with Crippen LogP contribution in [-0.2, 0) is 0 Å². The van der Waals surface area contributed by atoms with Crippen LogP contribution in [-0.4, -0.2) is 58.1 Å². The quantitative estimate of drug-likeness (QED) is 0.867. The Balaban J connectivity index is 1.54. The van der Waals surface area contributed by atoms with E-state index in [1.165, 1.54) is 12.8 Å². The molecule has 2 saturated heterocycles. The third kappa shape index (κ3) is 2.71. The van der Waals surface area contributed by atoms with Crippen molar-refractivity contribution in [3.8, 4) is 11.3 Å². The summed E-state index contributed by atoms with van der Waals surface area (Å²) < 4.78 is 5.37. The molecule has 2 aromatic heterocycles. The van der Waals surface area contributed by atoms with Gasteiger partial charge in [-0.1, -0.05) is 5.16 Å². The van der Waals surface area contributed by atoms with E-state index in [4.69, 9.17) is 4.52 Å². The normalized spacial score (nSPS) is 24.6. The molecular formula is C18H22N4O2. The van der Waals surface area contributed by atoms with Gasteiger partial charge in [-0.25, -0.2) is 0 Å². The van der Waals surface area contributed by atoms with Crippen molar-refractivity contribution >= 4 is 5.91 Å². The molecule has 4 heterocycles. The fourth-order valence-electron chi connectivity index (χ4n) is 4.03. The number of nitrogens with zero attached hydrogens (tertiary/aromatic N) is 4. The molecule has 2 aromatic rings. The zero-order chi connectivity index (χ0) is 16.5. The van der Waals surface area contributed by atoms with Gasteiger partial charge < -0.3 is 14.3 Å². The molecule has 0 radical (unpaired) electrons. The van der Waals surface area contributed by atoms with Gasteiger partial charge in [0, 0.05) is 42.7 Å². The Morgan fingerprint density at radius 3 is 2.83 bits per heavy atom. The Hall–Kier alpha value is -2.21. The second-order valence-corrected chi connectivity index (χ2v) is 6.72. The highest BCUT2D eigenvalue weighted by Gasteiger charge is 2.39. The molecule has 0 saturated carbocycles. The van der Waals surface area contributed by atoms with E-state index in [1.807, 2.05) is 17.0 Å². The van der Waals surface area contributed by atoms with Gasteiger partial charge in [0.15, 0.2) is 11.5 Å². The number of pyridine rings is 1. The summed E-state index contributed by atoms with van der Waals surface area (Å²) in [5.41, 5.74) is 1.22. The van der Waals surface area contributed by atoms with E-state index in [9.17, 15) is 4.79 Å². The fourth-order valence-corrected chi connectivity index (χ4v) is 4.03. The Kier molecular flexibility index (Phi) is 4.06. The molecule has 2 aliphatic rings. The fraction of sp³-hybridized carbons (Fsp3) is 0.500. The minimum Gasteiger partial charge on any atom is -0.355 e. The van der Waals surface area contributed by atoms with Crippen LogP contribution in [0, 0.1) is 0 Å². The number of aromatic nitrogens is 2. The van der Waals surface area contributed by atoms with Gasteiger partial charge >= 0.3 is 0 Å². The first-order chi connectivity index (χ1) is 11.7. The van der Waals surface area contributed by atoms with Crippen molar-refractivity contribution < 1.29 is 9.32 Å². The topological polar surface area (TPSA) is 62.5 Å². The summed E-state index contributed by atoms with van der Waals surface area (Å²) >= 11 is 0. The molecule has 0 spiro atoms. The highest BCUT2D eigenvalue weighted by Crippen LogP contribution is 2.30. The van der Waals surface area contributed by atoms with Crippen molar-refractivity contribution in [3.63, 3.8) is 0 Å². The van der Waals surface area contributed by atoms with Crippen molar-refractivity contribution in [1.29, 1.82) is 0 Å². The van der Waals surface area contributed by atoms with Crippen LogP contribution >= 0.6 is 0 Å². The molecule has 4 rings (SSSR count). The zero-order valence-electron chi connectivity index (χ0n) is 13.9. The van der Waals surface area contributed by atoms with Gasteiger partial charge in [-0.2, -0.15) is 0 Å². The smallest absolute Gasteiger partial charge is 0.276 e. The lowest BCUT2D eigenvalue weighted by atomic mass is 10.0. The summed E-state index contributed by atoms with van der Waals surface area (Å²) in [6, 6.07) is 6.23. The lowest BCUT2D eigenvalue weighted by Crippen LogP contribution is -2.47. The maximum Gasteiger partial charge on any atom is 0.276 e. The van der Waals surface area contributed by atoms with Crippen molar-refractivity contribution in [3.05, 3.63) is 36.3 Å². The van der Waals surface area contributed by atoms with Gasteiger partial charge in [-0.3, -0.25) is 9.78 Å². The third-order valence-electron chi connectivity index (χ3n) is 5.26. The summed E-state index contributed by atoms with van der Waals surface area (Å²) in [5, 5.41) is 4.01. The number of hydrogen-bond acceptors (Lipinski definition) is 5. The number of rotatable bonds is 3. The second-order valence-electron chi connectivity index (χ2n) is 6.72. The molecule has 24 heavy (non-hydrogen) atoms. The molecule has 2 aliphatic heterocycles. The summed E-state index contributed by atoms with van der Waals surface area (Å²) in [5.74, 6) is 0.567. The third-order valence-corrected chi connectivity index (χ3v) is 5.26. The first-order valence-electron chi connectivity index (χ1n) is 8.62. The molecule has 2 fully saturated rings. The molecule has 6 nitrogen and oxygen atoms in total. The molecule has 1 amide bonds. The molecule has 0 bridgehead atoms. The Morgan fingerprint density at radius 2 is 2.08 bits per heavy atom. The molecular weight excluding hydrogens is 304 g/mol. The summed E-state index contributed by atoms with van der Waals surface area (Å²) in [7, 11) is 2.16. The Morgan fingerprint density at radius 1 is 1.25 bits per heavy atom. The van der Waals surface area contributed by atoms with Crippen molar-refractivity contribution in [2.24, 2.45) is 0 Å². The van der Waals surface area contributed by atoms with Crippen molar-refractivity contribution in [1.82, 2.24) is 19.9 Å². The van der Waals surface area contributed by atoms with Crippen LogP contribution in [0.5, 0.6) is 0 Å². The van der Waals surface area contributed by atoms with E-state index in [1.54, 1.807) is 18.5 Å². The Labute approximate surface area is 141 Å². The second kappa shape index (κ2) is 6.36. The molecule has 0 N–H and O–H groups in total. The minimum absolute atomic E-state index is 0.0170. The first kappa shape index (κ1) is 15.3. The monoisotopic (exact) mass is 326 g/mol. The molecule has 0 aromatic carbocycles. The van der Waals surface area contributed by atoms with E-state index >= 15 is 0 Å². The van der Waals surface area contributed by atoms with E-state index in [-0.39, 0.29) is 5.91 Å². The lowest BCUT2D eigenvalue weighted by Gasteiger charge is -2.32. The largest absolute Gasteiger partial charge is 0.355 e. The van der Waals surface area contributed by atoms with E-state index in [0.717, 1.165) is 31.5 Å². The molecule has 0 aliphatic carbocycles. The van der Waals surface area contributed by atoms with Gasteiger partial charge in [0.2, 0.25) is 0 Å². The molecule has 0 unspecified atom stereocenters. The highest BCUT2D eigenvalue weighted by atomic mass is 16.5. The van der Waals surface area contributed by atoms with E-state index < -0.39 is 0 Å². The molecule has 6 heteroatoms. The summed E-state index contributed by atoms with van der Waals surface area (Å²) in [6.07, 6.45) is 7.95. The number of hydrogen-bond donors (Lipinski definition) is 0. The standard InChI is InChI=1S/C18H22N4O2/c1-21-9-3-6-15(21)16-7-4-10-22(16)18(23)14-11-17(24-20-14)13-5-2-8-19-12-13/h2,5,8,11-12,15-16H,3-4,6-7,9-10H2,1H3/t15-,16+/m1/s1. The SMILES string of the molecule is CN1CCC[C@@H]1[C@@H]1CCCN1C(=O)c1cc(-c2cccnc2)on1. The molecule has 126 valence electrons. The number of likely N-dealkylation sites (N-methyl/N-ethyl adjacent to an activating group) is 1. The van der Waals surface area contributed by atoms with Crippen LogP contribution in [0.1, 0.15) is 36.2 Å². The number of amides is 1. The van der Waals surface area contributed by atoms with Crippen LogP contribution in [0.15, 0.2) is 35.1 Å². The van der Waals surface area contributed by atoms with Gasteiger partial charge in [0.1, 0.15) is 0 Å². The maximum atomic E-state index is 12.9. The lowest BCUT2D eigenvalue weighted by molar-refractivity contribution is 0.0654. The van der Waals surface area contributed by atoms with E-state index in [0.29, 0.717) is 23.5 Å². The van der Waals surface area contributed by atoms with Crippen LogP contribution in [0.4, 0.5) is 0 Å². The predicted molar refractivity (Wildman–Crippen MR) is 89.4 cm³/mol. The average Bonchev–Trinajstić information content (AvgIpc) is 3.35. The van der Waals surface area contributed by atoms with Gasteiger partial charge in [0.05, 0.1) is 0 Å². The van der Waals surface area contributed by atoms with Gasteiger partial charge in [-0.15, -0.1) is 0 Å². The number of carbonyl (C=O) groups excluding carboxylic acids is 1. The average molecular weight is 326 g/mol. The van der Waals surface area contributed by atoms with Crippen LogP contribution in [0.25, 0.3) is 11.3 Å². The molecule has 2 atom stereocenters. The highest BCUT2D eigenvalue weighted by molar-refractivity contribution is 5.93. The summed E-state index contributed by atoms with van der Waals surface area (Å²) in [6.45, 7) is 1.93. The zero-order valence-corrected chi connectivity index (χ0v) is 13.9. The van der Waals surface area contributed by atoms with Crippen molar-refractivity contribution in [2.45, 2.75) is 37.8 Å². The van der Waals surface area contributed by atoms with Gasteiger partial charge in [-0.05, 0) is 51.4 Å². The van der Waals surface area contributed by atoms with E-state index in [2.05, 4.69) is 22.1 Å². The maximum absolute atomic E-state index is 12.9. The van der Waals surface area contributed by atoms with Gasteiger partial charge in [0.25, 0.3) is 5.91 Å². The minimum atomic E-state index is -0.0170. The predicted octanol–water partition coefficient (Wildman–Crippen LogP) is 2.44. The van der Waals surface area contributed by atoms with Crippen molar-refractivity contribution in [2.75, 3.05) is 20.1 Å². The van der Waals surface area contributed by atoms with Crippen LogP contribution in [0.2, 0.25) is 0 Å². The first-order valence-corrected chi connectivity index (χ1v) is 8.62. The summed E-state index contributed by atoms with van der Waals surface area (Å²) in [4.78, 5) is 21.4. The van der Waals surface area contributed by atoms with Crippen LogP contribution in [0.3, 0.4) is 0 Å². The van der Waals surface area contributed by atoms with Crippen LogP contribution < -0.4 is 0 Å².